The van der Waals surface area contributed by atoms with Gasteiger partial charge in [0.1, 0.15) is 5.82 Å². The lowest BCUT2D eigenvalue weighted by atomic mass is 9.74. The Bertz CT molecular complexity index is 594. The van der Waals surface area contributed by atoms with Crippen molar-refractivity contribution in [3.8, 4) is 0 Å². The van der Waals surface area contributed by atoms with E-state index in [0.717, 1.165) is 24.1 Å². The first-order valence-corrected chi connectivity index (χ1v) is 7.21. The molecule has 1 aliphatic rings. The van der Waals surface area contributed by atoms with Gasteiger partial charge in [0.2, 0.25) is 0 Å². The zero-order valence-electron chi connectivity index (χ0n) is 12.0. The van der Waals surface area contributed by atoms with Gasteiger partial charge in [0.05, 0.1) is 0 Å². The molecule has 0 bridgehead atoms. The minimum absolute atomic E-state index is 0.165. The van der Waals surface area contributed by atoms with Crippen LogP contribution in [0.1, 0.15) is 35.4 Å². The molecule has 0 radical (unpaired) electrons. The third-order valence-electron chi connectivity index (χ3n) is 4.18. The molecular formula is C18H20FN. The SMILES string of the molecule is Cc1cc(F)cc(NC2CC(c3ccccc3C)C2)c1. The Balaban J connectivity index is 1.62. The van der Waals surface area contributed by atoms with Crippen LogP contribution in [0, 0.1) is 19.7 Å². The van der Waals surface area contributed by atoms with Gasteiger partial charge in [-0.05, 0) is 67.5 Å². The van der Waals surface area contributed by atoms with Gasteiger partial charge in [0.25, 0.3) is 0 Å². The fraction of sp³-hybridized carbons (Fsp3) is 0.333. The zero-order chi connectivity index (χ0) is 14.1. The van der Waals surface area contributed by atoms with E-state index >= 15 is 0 Å². The average Bonchev–Trinajstić information content (AvgIpc) is 2.33. The fourth-order valence-electron chi connectivity index (χ4n) is 3.09. The van der Waals surface area contributed by atoms with Crippen molar-refractivity contribution in [2.45, 2.75) is 38.6 Å². The molecule has 1 nitrogen and oxygen atoms in total. The standard InChI is InChI=1S/C18H20FN/c1-12-7-15(19)11-16(8-12)20-17-9-14(10-17)18-6-4-3-5-13(18)2/h3-8,11,14,17,20H,9-10H2,1-2H3. The lowest BCUT2D eigenvalue weighted by Crippen LogP contribution is -2.34. The second-order valence-electron chi connectivity index (χ2n) is 5.88. The molecule has 2 heteroatoms. The van der Waals surface area contributed by atoms with Crippen LogP contribution in [0.25, 0.3) is 0 Å². The molecule has 0 aromatic heterocycles. The topological polar surface area (TPSA) is 12.0 Å². The third-order valence-corrected chi connectivity index (χ3v) is 4.18. The van der Waals surface area contributed by atoms with E-state index in [4.69, 9.17) is 0 Å². The highest BCUT2D eigenvalue weighted by atomic mass is 19.1. The average molecular weight is 269 g/mol. The van der Waals surface area contributed by atoms with Crippen LogP contribution in [0.5, 0.6) is 0 Å². The Kier molecular flexibility index (Phi) is 3.47. The van der Waals surface area contributed by atoms with E-state index in [2.05, 4.69) is 36.5 Å². The van der Waals surface area contributed by atoms with Crippen LogP contribution in [0.15, 0.2) is 42.5 Å². The predicted molar refractivity (Wildman–Crippen MR) is 81.7 cm³/mol. The number of nitrogens with one attached hydrogen (secondary N) is 1. The number of aryl methyl sites for hydroxylation is 2. The van der Waals surface area contributed by atoms with Crippen molar-refractivity contribution < 1.29 is 4.39 Å². The molecule has 1 aliphatic carbocycles. The Morgan fingerprint density at radius 2 is 1.80 bits per heavy atom. The maximum atomic E-state index is 13.4. The number of hydrogen-bond donors (Lipinski definition) is 1. The van der Waals surface area contributed by atoms with Gasteiger partial charge in [0.15, 0.2) is 0 Å². The van der Waals surface area contributed by atoms with E-state index in [9.17, 15) is 4.39 Å². The van der Waals surface area contributed by atoms with Gasteiger partial charge in [-0.2, -0.15) is 0 Å². The van der Waals surface area contributed by atoms with Crippen LogP contribution < -0.4 is 5.32 Å². The molecular weight excluding hydrogens is 249 g/mol. The molecule has 1 fully saturated rings. The normalized spacial score (nSPS) is 21.4. The summed E-state index contributed by atoms with van der Waals surface area (Å²) in [6.45, 7) is 4.09. The molecule has 3 rings (SSSR count). The largest absolute Gasteiger partial charge is 0.382 e. The van der Waals surface area contributed by atoms with Crippen LogP contribution in [0.3, 0.4) is 0 Å². The molecule has 0 heterocycles. The van der Waals surface area contributed by atoms with E-state index in [1.54, 1.807) is 12.1 Å². The van der Waals surface area contributed by atoms with Crippen molar-refractivity contribution >= 4 is 5.69 Å². The van der Waals surface area contributed by atoms with Gasteiger partial charge in [-0.25, -0.2) is 4.39 Å². The summed E-state index contributed by atoms with van der Waals surface area (Å²) >= 11 is 0. The molecule has 104 valence electrons. The summed E-state index contributed by atoms with van der Waals surface area (Å²) in [5.74, 6) is 0.477. The molecule has 0 atom stereocenters. The van der Waals surface area contributed by atoms with E-state index in [-0.39, 0.29) is 5.82 Å². The van der Waals surface area contributed by atoms with Crippen molar-refractivity contribution in [3.05, 3.63) is 65.0 Å². The zero-order valence-corrected chi connectivity index (χ0v) is 12.0. The quantitative estimate of drug-likeness (QED) is 0.844. The van der Waals surface area contributed by atoms with Gasteiger partial charge in [-0.1, -0.05) is 24.3 Å². The lowest BCUT2D eigenvalue weighted by Gasteiger charge is -2.37. The summed E-state index contributed by atoms with van der Waals surface area (Å²) in [5, 5.41) is 3.44. The van der Waals surface area contributed by atoms with Gasteiger partial charge >= 0.3 is 0 Å². The van der Waals surface area contributed by atoms with E-state index in [1.165, 1.54) is 11.1 Å². The number of anilines is 1. The summed E-state index contributed by atoms with van der Waals surface area (Å²) in [6, 6.07) is 14.2. The van der Waals surface area contributed by atoms with Crippen LogP contribution in [-0.2, 0) is 0 Å². The van der Waals surface area contributed by atoms with Gasteiger partial charge in [-0.3, -0.25) is 0 Å². The minimum atomic E-state index is -0.165. The van der Waals surface area contributed by atoms with Crippen LogP contribution in [0.4, 0.5) is 10.1 Å². The highest BCUT2D eigenvalue weighted by Gasteiger charge is 2.30. The molecule has 20 heavy (non-hydrogen) atoms. The van der Waals surface area contributed by atoms with Crippen LogP contribution in [-0.4, -0.2) is 6.04 Å². The first kappa shape index (κ1) is 13.2. The molecule has 0 aliphatic heterocycles. The number of benzene rings is 2. The van der Waals surface area contributed by atoms with E-state index in [0.29, 0.717) is 12.0 Å². The molecule has 1 saturated carbocycles. The lowest BCUT2D eigenvalue weighted by molar-refractivity contribution is 0.373. The molecule has 0 unspecified atom stereocenters. The number of halogens is 1. The van der Waals surface area contributed by atoms with Gasteiger partial charge in [0, 0.05) is 11.7 Å². The second-order valence-corrected chi connectivity index (χ2v) is 5.88. The van der Waals surface area contributed by atoms with Crippen molar-refractivity contribution in [2.24, 2.45) is 0 Å². The Morgan fingerprint density at radius 1 is 1.05 bits per heavy atom. The molecule has 1 N–H and O–H groups in total. The first-order chi connectivity index (χ1) is 9.61. The Hall–Kier alpha value is -1.83. The third kappa shape index (κ3) is 2.69. The molecule has 0 saturated heterocycles. The molecule has 0 amide bonds. The van der Waals surface area contributed by atoms with Gasteiger partial charge in [-0.15, -0.1) is 0 Å². The van der Waals surface area contributed by atoms with Crippen molar-refractivity contribution in [2.75, 3.05) is 5.32 Å². The molecule has 2 aromatic carbocycles. The Labute approximate surface area is 119 Å². The summed E-state index contributed by atoms with van der Waals surface area (Å²) in [4.78, 5) is 0. The van der Waals surface area contributed by atoms with Crippen molar-refractivity contribution in [1.29, 1.82) is 0 Å². The minimum Gasteiger partial charge on any atom is -0.382 e. The second kappa shape index (κ2) is 5.28. The fourth-order valence-corrected chi connectivity index (χ4v) is 3.09. The number of hydrogen-bond acceptors (Lipinski definition) is 1. The highest BCUT2D eigenvalue weighted by molar-refractivity contribution is 5.48. The van der Waals surface area contributed by atoms with Gasteiger partial charge < -0.3 is 5.32 Å². The summed E-state index contributed by atoms with van der Waals surface area (Å²) < 4.78 is 13.4. The first-order valence-electron chi connectivity index (χ1n) is 7.21. The highest BCUT2D eigenvalue weighted by Crippen LogP contribution is 2.39. The maximum Gasteiger partial charge on any atom is 0.125 e. The maximum absolute atomic E-state index is 13.4. The van der Waals surface area contributed by atoms with E-state index in [1.807, 2.05) is 13.0 Å². The number of rotatable bonds is 3. The van der Waals surface area contributed by atoms with Crippen LogP contribution >= 0.6 is 0 Å². The summed E-state index contributed by atoms with van der Waals surface area (Å²) in [7, 11) is 0. The van der Waals surface area contributed by atoms with Crippen molar-refractivity contribution in [3.63, 3.8) is 0 Å². The smallest absolute Gasteiger partial charge is 0.125 e. The van der Waals surface area contributed by atoms with Crippen LogP contribution in [0.2, 0.25) is 0 Å². The summed E-state index contributed by atoms with van der Waals surface area (Å²) in [5.41, 5.74) is 4.69. The van der Waals surface area contributed by atoms with E-state index < -0.39 is 0 Å². The predicted octanol–water partition coefficient (Wildman–Crippen LogP) is 4.80. The monoisotopic (exact) mass is 269 g/mol. The van der Waals surface area contributed by atoms with Crippen molar-refractivity contribution in [1.82, 2.24) is 0 Å². The molecule has 0 spiro atoms. The molecule has 2 aromatic rings. The Morgan fingerprint density at radius 3 is 2.50 bits per heavy atom. The summed E-state index contributed by atoms with van der Waals surface area (Å²) in [6.07, 6.45) is 2.25.